The maximum Gasteiger partial charge on any atom is 0.231 e. The zero-order valence-electron chi connectivity index (χ0n) is 10.4. The molecule has 18 heavy (non-hydrogen) atoms. The van der Waals surface area contributed by atoms with Gasteiger partial charge in [0.1, 0.15) is 11.6 Å². The van der Waals surface area contributed by atoms with Gasteiger partial charge in [0.15, 0.2) is 0 Å². The van der Waals surface area contributed by atoms with E-state index in [4.69, 9.17) is 25.2 Å². The van der Waals surface area contributed by atoms with E-state index in [9.17, 15) is 0 Å². The number of aromatic nitrogens is 1. The lowest BCUT2D eigenvalue weighted by Crippen LogP contribution is -2.08. The summed E-state index contributed by atoms with van der Waals surface area (Å²) in [5, 5.41) is 8.88. The van der Waals surface area contributed by atoms with Crippen LogP contribution in [0.25, 0.3) is 0 Å². The number of nitrogen functional groups attached to an aromatic ring is 1. The topological polar surface area (TPSA) is 90.4 Å². The molecule has 0 unspecified atom stereocenters. The SMILES string of the molecule is COCCOCCCOc1ncc(N)cc1C#N. The molecular weight excluding hydrogens is 234 g/mol. The quantitative estimate of drug-likeness (QED) is 0.692. The number of methoxy groups -OCH3 is 1. The lowest BCUT2D eigenvalue weighted by molar-refractivity contribution is 0.0642. The van der Waals surface area contributed by atoms with Crippen LogP contribution in [0, 0.1) is 11.3 Å². The number of ether oxygens (including phenoxy) is 3. The van der Waals surface area contributed by atoms with Gasteiger partial charge in [-0.25, -0.2) is 4.98 Å². The summed E-state index contributed by atoms with van der Waals surface area (Å²) in [6, 6.07) is 3.53. The summed E-state index contributed by atoms with van der Waals surface area (Å²) < 4.78 is 15.5. The molecule has 0 radical (unpaired) electrons. The van der Waals surface area contributed by atoms with Gasteiger partial charge in [0.2, 0.25) is 5.88 Å². The van der Waals surface area contributed by atoms with E-state index >= 15 is 0 Å². The van der Waals surface area contributed by atoms with Gasteiger partial charge in [-0.15, -0.1) is 0 Å². The molecule has 0 bridgehead atoms. The predicted octanol–water partition coefficient (Wildman–Crippen LogP) is 0.967. The molecule has 0 spiro atoms. The first-order valence-corrected chi connectivity index (χ1v) is 5.63. The third kappa shape index (κ3) is 4.99. The number of hydrogen-bond acceptors (Lipinski definition) is 6. The summed E-state index contributed by atoms with van der Waals surface area (Å²) in [6.45, 7) is 2.18. The van der Waals surface area contributed by atoms with Crippen LogP contribution in [0.1, 0.15) is 12.0 Å². The molecule has 0 aliphatic rings. The maximum atomic E-state index is 8.88. The second kappa shape index (κ2) is 8.28. The molecule has 98 valence electrons. The van der Waals surface area contributed by atoms with Gasteiger partial charge in [-0.3, -0.25) is 0 Å². The van der Waals surface area contributed by atoms with Gasteiger partial charge in [-0.1, -0.05) is 0 Å². The van der Waals surface area contributed by atoms with E-state index in [0.29, 0.717) is 43.6 Å². The summed E-state index contributed by atoms with van der Waals surface area (Å²) in [7, 11) is 1.63. The lowest BCUT2D eigenvalue weighted by Gasteiger charge is -2.07. The molecule has 0 aromatic carbocycles. The molecule has 6 heteroatoms. The Hall–Kier alpha value is -1.84. The lowest BCUT2D eigenvalue weighted by atomic mass is 10.3. The van der Waals surface area contributed by atoms with Crippen LogP contribution in [0.2, 0.25) is 0 Å². The largest absolute Gasteiger partial charge is 0.477 e. The molecule has 0 amide bonds. The molecule has 0 fully saturated rings. The number of pyridine rings is 1. The fourth-order valence-electron chi connectivity index (χ4n) is 1.24. The van der Waals surface area contributed by atoms with Crippen molar-refractivity contribution in [2.45, 2.75) is 6.42 Å². The van der Waals surface area contributed by atoms with Crippen molar-refractivity contribution in [1.82, 2.24) is 4.98 Å². The Bertz CT molecular complexity index is 404. The predicted molar refractivity (Wildman–Crippen MR) is 66.2 cm³/mol. The third-order valence-corrected chi connectivity index (χ3v) is 2.10. The minimum Gasteiger partial charge on any atom is -0.477 e. The van der Waals surface area contributed by atoms with Crippen LogP contribution in [0.15, 0.2) is 12.3 Å². The molecular formula is C12H17N3O3. The van der Waals surface area contributed by atoms with Crippen molar-refractivity contribution < 1.29 is 14.2 Å². The molecule has 1 rings (SSSR count). The minimum absolute atomic E-state index is 0.309. The second-order valence-corrected chi connectivity index (χ2v) is 3.54. The van der Waals surface area contributed by atoms with E-state index in [1.807, 2.05) is 6.07 Å². The van der Waals surface area contributed by atoms with Crippen molar-refractivity contribution >= 4 is 5.69 Å². The monoisotopic (exact) mass is 251 g/mol. The molecule has 1 heterocycles. The molecule has 1 aromatic heterocycles. The van der Waals surface area contributed by atoms with E-state index in [0.717, 1.165) is 6.42 Å². The zero-order chi connectivity index (χ0) is 13.2. The summed E-state index contributed by atoms with van der Waals surface area (Å²) in [5.41, 5.74) is 6.31. The van der Waals surface area contributed by atoms with Crippen molar-refractivity contribution in [2.75, 3.05) is 39.3 Å². The van der Waals surface area contributed by atoms with Crippen LogP contribution in [0.5, 0.6) is 5.88 Å². The van der Waals surface area contributed by atoms with Crippen molar-refractivity contribution in [1.29, 1.82) is 5.26 Å². The van der Waals surface area contributed by atoms with Crippen LogP contribution >= 0.6 is 0 Å². The molecule has 0 saturated heterocycles. The smallest absolute Gasteiger partial charge is 0.231 e. The second-order valence-electron chi connectivity index (χ2n) is 3.54. The molecule has 2 N–H and O–H groups in total. The van der Waals surface area contributed by atoms with Crippen molar-refractivity contribution in [3.05, 3.63) is 17.8 Å². The highest BCUT2D eigenvalue weighted by molar-refractivity contribution is 5.48. The average molecular weight is 251 g/mol. The van der Waals surface area contributed by atoms with Crippen LogP contribution in [0.3, 0.4) is 0 Å². The highest BCUT2D eigenvalue weighted by Crippen LogP contribution is 2.16. The first kappa shape index (κ1) is 14.2. The Kier molecular flexibility index (Phi) is 6.54. The van der Waals surface area contributed by atoms with Crippen molar-refractivity contribution in [2.24, 2.45) is 0 Å². The van der Waals surface area contributed by atoms with E-state index < -0.39 is 0 Å². The van der Waals surface area contributed by atoms with Crippen LogP contribution in [0.4, 0.5) is 5.69 Å². The number of hydrogen-bond donors (Lipinski definition) is 1. The standard InChI is InChI=1S/C12H17N3O3/c1-16-5-6-17-3-2-4-18-12-10(8-13)7-11(14)9-15-12/h7,9H,2-6,14H2,1H3. The van der Waals surface area contributed by atoms with E-state index in [1.54, 1.807) is 7.11 Å². The van der Waals surface area contributed by atoms with Gasteiger partial charge >= 0.3 is 0 Å². The van der Waals surface area contributed by atoms with Gasteiger partial charge in [-0.05, 0) is 6.07 Å². The van der Waals surface area contributed by atoms with Gasteiger partial charge in [-0.2, -0.15) is 5.26 Å². The summed E-state index contributed by atoms with van der Waals surface area (Å²) in [6.07, 6.45) is 2.19. The Morgan fingerprint density at radius 3 is 2.89 bits per heavy atom. The Labute approximate surface area is 106 Å². The summed E-state index contributed by atoms with van der Waals surface area (Å²) in [4.78, 5) is 3.97. The average Bonchev–Trinajstić information content (AvgIpc) is 2.39. The van der Waals surface area contributed by atoms with Crippen molar-refractivity contribution in [3.8, 4) is 11.9 Å². The van der Waals surface area contributed by atoms with E-state index in [-0.39, 0.29) is 0 Å². The normalized spacial score (nSPS) is 10.0. The molecule has 0 aliphatic carbocycles. The Balaban J connectivity index is 2.25. The molecule has 6 nitrogen and oxygen atoms in total. The summed E-state index contributed by atoms with van der Waals surface area (Å²) >= 11 is 0. The molecule has 0 saturated carbocycles. The highest BCUT2D eigenvalue weighted by atomic mass is 16.5. The number of anilines is 1. The Morgan fingerprint density at radius 1 is 1.33 bits per heavy atom. The fraction of sp³-hybridized carbons (Fsp3) is 0.500. The van der Waals surface area contributed by atoms with E-state index in [1.165, 1.54) is 12.3 Å². The minimum atomic E-state index is 0.309. The Morgan fingerprint density at radius 2 is 2.17 bits per heavy atom. The summed E-state index contributed by atoms with van der Waals surface area (Å²) in [5.74, 6) is 0.309. The number of nitrogens with zero attached hydrogens (tertiary/aromatic N) is 2. The number of nitrogens with two attached hydrogens (primary N) is 1. The van der Waals surface area contributed by atoms with Gasteiger partial charge < -0.3 is 19.9 Å². The highest BCUT2D eigenvalue weighted by Gasteiger charge is 2.05. The van der Waals surface area contributed by atoms with Gasteiger partial charge in [0, 0.05) is 20.1 Å². The van der Waals surface area contributed by atoms with Crippen LogP contribution in [-0.2, 0) is 9.47 Å². The van der Waals surface area contributed by atoms with E-state index in [2.05, 4.69) is 4.98 Å². The van der Waals surface area contributed by atoms with Crippen molar-refractivity contribution in [3.63, 3.8) is 0 Å². The maximum absolute atomic E-state index is 8.88. The number of rotatable bonds is 8. The molecule has 0 atom stereocenters. The van der Waals surface area contributed by atoms with Gasteiger partial charge in [0.25, 0.3) is 0 Å². The first-order chi connectivity index (χ1) is 8.77. The molecule has 0 aliphatic heterocycles. The number of nitriles is 1. The van der Waals surface area contributed by atoms with Gasteiger partial charge in [0.05, 0.1) is 31.7 Å². The first-order valence-electron chi connectivity index (χ1n) is 5.63. The van der Waals surface area contributed by atoms with Crippen LogP contribution in [-0.4, -0.2) is 38.5 Å². The fourth-order valence-corrected chi connectivity index (χ4v) is 1.24. The molecule has 1 aromatic rings. The third-order valence-electron chi connectivity index (χ3n) is 2.10. The van der Waals surface area contributed by atoms with Crippen LogP contribution < -0.4 is 10.5 Å². The zero-order valence-corrected chi connectivity index (χ0v) is 10.4.